The van der Waals surface area contributed by atoms with Crippen molar-refractivity contribution in [3.05, 3.63) is 56.5 Å². The molecule has 29 heavy (non-hydrogen) atoms. The molecule has 0 aliphatic carbocycles. The van der Waals surface area contributed by atoms with Gasteiger partial charge in [0, 0.05) is 4.47 Å². The van der Waals surface area contributed by atoms with Gasteiger partial charge in [0.05, 0.1) is 29.5 Å². The fourth-order valence-corrected chi connectivity index (χ4v) is 3.31. The second-order valence-electron chi connectivity index (χ2n) is 5.54. The van der Waals surface area contributed by atoms with Gasteiger partial charge in [-0.05, 0) is 75.5 Å². The topological polar surface area (TPSA) is 86.2 Å². The van der Waals surface area contributed by atoms with Gasteiger partial charge in [0.1, 0.15) is 0 Å². The third kappa shape index (κ3) is 6.86. The van der Waals surface area contributed by atoms with Crippen LogP contribution in [-0.4, -0.2) is 37.9 Å². The van der Waals surface area contributed by atoms with Gasteiger partial charge in [0.15, 0.2) is 18.1 Å². The lowest BCUT2D eigenvalue weighted by molar-refractivity contribution is -0.145. The molecule has 0 bridgehead atoms. The first-order chi connectivity index (χ1) is 14.0. The molecule has 2 aromatic carbocycles. The first kappa shape index (κ1) is 22.9. The number of hydrogen-bond acceptors (Lipinski definition) is 6. The van der Waals surface area contributed by atoms with Crippen molar-refractivity contribution >= 4 is 50.0 Å². The molecule has 9 heteroatoms. The highest BCUT2D eigenvalue weighted by Gasteiger charge is 2.14. The molecule has 0 heterocycles. The van der Waals surface area contributed by atoms with Crippen LogP contribution in [0.3, 0.4) is 0 Å². The van der Waals surface area contributed by atoms with E-state index in [1.807, 2.05) is 13.0 Å². The van der Waals surface area contributed by atoms with Gasteiger partial charge in [-0.3, -0.25) is 4.79 Å². The van der Waals surface area contributed by atoms with E-state index < -0.39 is 5.97 Å². The second-order valence-corrected chi connectivity index (χ2v) is 7.24. The molecule has 0 aromatic heterocycles. The number of hydrazone groups is 1. The van der Waals surface area contributed by atoms with Crippen molar-refractivity contribution in [3.8, 4) is 11.5 Å². The van der Waals surface area contributed by atoms with E-state index in [1.54, 1.807) is 37.3 Å². The summed E-state index contributed by atoms with van der Waals surface area (Å²) in [7, 11) is 0. The maximum absolute atomic E-state index is 12.2. The van der Waals surface area contributed by atoms with Gasteiger partial charge >= 0.3 is 5.97 Å². The molecule has 0 aliphatic heterocycles. The molecule has 0 radical (unpaired) electrons. The van der Waals surface area contributed by atoms with E-state index in [4.69, 9.17) is 14.2 Å². The van der Waals surface area contributed by atoms with E-state index in [2.05, 4.69) is 42.4 Å². The smallest absolute Gasteiger partial charge is 0.344 e. The van der Waals surface area contributed by atoms with E-state index in [0.29, 0.717) is 38.2 Å². The zero-order valence-corrected chi connectivity index (χ0v) is 19.1. The molecular weight excluding hydrogens is 508 g/mol. The fraction of sp³-hybridized carbons (Fsp3) is 0.250. The number of nitrogens with zero attached hydrogens (tertiary/aromatic N) is 1. The molecule has 7 nitrogen and oxygen atoms in total. The number of nitrogens with one attached hydrogen (secondary N) is 1. The summed E-state index contributed by atoms with van der Waals surface area (Å²) in [6.45, 7) is 4.01. The summed E-state index contributed by atoms with van der Waals surface area (Å²) >= 11 is 6.74. The Hall–Kier alpha value is -2.39. The maximum Gasteiger partial charge on any atom is 0.344 e. The Morgan fingerprint density at radius 1 is 1.07 bits per heavy atom. The van der Waals surface area contributed by atoms with Crippen LogP contribution in [0.4, 0.5) is 0 Å². The highest BCUT2D eigenvalue weighted by Crippen LogP contribution is 2.36. The first-order valence-corrected chi connectivity index (χ1v) is 10.4. The lowest BCUT2D eigenvalue weighted by Crippen LogP contribution is -2.18. The Labute approximate surface area is 185 Å². The summed E-state index contributed by atoms with van der Waals surface area (Å²) in [6, 6.07) is 10.5. The van der Waals surface area contributed by atoms with Crippen molar-refractivity contribution in [3.63, 3.8) is 0 Å². The number of benzene rings is 2. The molecule has 0 unspecified atom stereocenters. The van der Waals surface area contributed by atoms with Crippen molar-refractivity contribution in [2.24, 2.45) is 5.10 Å². The summed E-state index contributed by atoms with van der Waals surface area (Å²) in [6.07, 6.45) is 1.48. The molecule has 0 aliphatic rings. The zero-order chi connectivity index (χ0) is 21.2. The molecule has 2 aromatic rings. The molecule has 2 rings (SSSR count). The van der Waals surface area contributed by atoms with Crippen LogP contribution in [0.2, 0.25) is 0 Å². The molecule has 0 saturated heterocycles. The van der Waals surface area contributed by atoms with Gasteiger partial charge in [0.25, 0.3) is 5.91 Å². The first-order valence-electron chi connectivity index (χ1n) is 8.78. The molecular formula is C20H20Br2N2O5. The lowest BCUT2D eigenvalue weighted by Gasteiger charge is -2.14. The highest BCUT2D eigenvalue weighted by atomic mass is 79.9. The van der Waals surface area contributed by atoms with Gasteiger partial charge in [-0.15, -0.1) is 0 Å². The minimum absolute atomic E-state index is 0.234. The van der Waals surface area contributed by atoms with Gasteiger partial charge in [-0.2, -0.15) is 5.10 Å². The summed E-state index contributed by atoms with van der Waals surface area (Å²) in [5.41, 5.74) is 3.62. The van der Waals surface area contributed by atoms with Crippen molar-refractivity contribution in [1.82, 2.24) is 5.43 Å². The standard InChI is InChI=1S/C20H20Br2N2O5/c1-3-27-17-10-13(9-16(22)19(17)29-12-18(25)28-4-2)11-23-24-20(26)14-7-5-6-8-15(14)21/h5-11H,3-4,12H2,1-2H3,(H,24,26)/b23-11+. The summed E-state index contributed by atoms with van der Waals surface area (Å²) in [4.78, 5) is 23.7. The summed E-state index contributed by atoms with van der Waals surface area (Å²) in [5.74, 6) is 0.00791. The van der Waals surface area contributed by atoms with Crippen molar-refractivity contribution in [2.45, 2.75) is 13.8 Å². The maximum atomic E-state index is 12.2. The van der Waals surface area contributed by atoms with Gasteiger partial charge < -0.3 is 14.2 Å². The Morgan fingerprint density at radius 2 is 1.83 bits per heavy atom. The van der Waals surface area contributed by atoms with E-state index in [9.17, 15) is 9.59 Å². The lowest BCUT2D eigenvalue weighted by atomic mass is 10.2. The van der Waals surface area contributed by atoms with Crippen LogP contribution in [0.5, 0.6) is 11.5 Å². The minimum atomic E-state index is -0.470. The molecule has 0 spiro atoms. The average Bonchev–Trinajstić information content (AvgIpc) is 2.68. The Kier molecular flexibility index (Phi) is 9.14. The molecule has 0 fully saturated rings. The number of ether oxygens (including phenoxy) is 3. The third-order valence-corrected chi connectivity index (χ3v) is 4.75. The number of carbonyl (C=O) groups excluding carboxylic acids is 2. The van der Waals surface area contributed by atoms with Crippen LogP contribution in [0.15, 0.2) is 50.4 Å². The van der Waals surface area contributed by atoms with E-state index in [0.717, 1.165) is 0 Å². The van der Waals surface area contributed by atoms with Gasteiger partial charge in [0.2, 0.25) is 0 Å². The number of carbonyl (C=O) groups is 2. The number of amides is 1. The Balaban J connectivity index is 2.12. The molecule has 1 N–H and O–H groups in total. The number of halogens is 2. The molecule has 1 amide bonds. The van der Waals surface area contributed by atoms with Crippen LogP contribution >= 0.6 is 31.9 Å². The van der Waals surface area contributed by atoms with E-state index >= 15 is 0 Å². The number of rotatable bonds is 9. The van der Waals surface area contributed by atoms with Crippen LogP contribution in [0.25, 0.3) is 0 Å². The Morgan fingerprint density at radius 3 is 2.52 bits per heavy atom. The van der Waals surface area contributed by atoms with Crippen molar-refractivity contribution < 1.29 is 23.8 Å². The molecule has 0 atom stereocenters. The van der Waals surface area contributed by atoms with Crippen LogP contribution < -0.4 is 14.9 Å². The van der Waals surface area contributed by atoms with Crippen LogP contribution in [-0.2, 0) is 9.53 Å². The predicted molar refractivity (Wildman–Crippen MR) is 117 cm³/mol. The fourth-order valence-electron chi connectivity index (χ4n) is 2.27. The number of esters is 1. The number of hydrogen-bond donors (Lipinski definition) is 1. The Bertz CT molecular complexity index is 902. The largest absolute Gasteiger partial charge is 0.490 e. The zero-order valence-electron chi connectivity index (χ0n) is 15.9. The van der Waals surface area contributed by atoms with Gasteiger partial charge in [-0.25, -0.2) is 10.2 Å². The quantitative estimate of drug-likeness (QED) is 0.298. The monoisotopic (exact) mass is 526 g/mol. The van der Waals surface area contributed by atoms with Crippen molar-refractivity contribution in [1.29, 1.82) is 0 Å². The summed E-state index contributed by atoms with van der Waals surface area (Å²) in [5, 5.41) is 3.99. The van der Waals surface area contributed by atoms with Crippen molar-refractivity contribution in [2.75, 3.05) is 19.8 Å². The molecule has 154 valence electrons. The van der Waals surface area contributed by atoms with Crippen LogP contribution in [0.1, 0.15) is 29.8 Å². The highest BCUT2D eigenvalue weighted by molar-refractivity contribution is 9.10. The minimum Gasteiger partial charge on any atom is -0.490 e. The van der Waals surface area contributed by atoms with Crippen LogP contribution in [0, 0.1) is 0 Å². The van der Waals surface area contributed by atoms with E-state index in [-0.39, 0.29) is 19.1 Å². The average molecular weight is 528 g/mol. The SMILES string of the molecule is CCOC(=O)COc1c(Br)cc(/C=N/NC(=O)c2ccccc2Br)cc1OCC. The third-order valence-electron chi connectivity index (χ3n) is 3.47. The van der Waals surface area contributed by atoms with Gasteiger partial charge in [-0.1, -0.05) is 12.1 Å². The summed E-state index contributed by atoms with van der Waals surface area (Å²) < 4.78 is 17.3. The predicted octanol–water partition coefficient (Wildman–Crippen LogP) is 4.32. The normalized spacial score (nSPS) is 10.6. The second kappa shape index (κ2) is 11.6. The van der Waals surface area contributed by atoms with E-state index in [1.165, 1.54) is 6.21 Å². The molecule has 0 saturated carbocycles.